The predicted molar refractivity (Wildman–Crippen MR) is 126 cm³/mol. The Kier molecular flexibility index (Phi) is 11.8. The van der Waals surface area contributed by atoms with E-state index >= 15 is 0 Å². The Balaban J connectivity index is 0.00000392. The monoisotopic (exact) mass is 523 g/mol. The van der Waals surface area contributed by atoms with Gasteiger partial charge < -0.3 is 15.5 Å². The summed E-state index contributed by atoms with van der Waals surface area (Å²) in [6.45, 7) is 7.31. The van der Waals surface area contributed by atoms with Gasteiger partial charge in [0.15, 0.2) is 5.96 Å². The van der Waals surface area contributed by atoms with Gasteiger partial charge >= 0.3 is 0 Å². The molecule has 2 N–H and O–H groups in total. The highest BCUT2D eigenvalue weighted by atomic mass is 127. The number of amides is 1. The number of nitrogens with zero attached hydrogens (tertiary/aromatic N) is 3. The lowest BCUT2D eigenvalue weighted by atomic mass is 10.1. The standard InChI is InChI=1S/C19H30FN5OS.HI/c1-15(26)25-10-8-24(9-11-25)7-6-22-19(21-2)23-13-16-4-5-18(20)12-17(16)14-27-3;/h4-5,12H,6-11,13-14H2,1-3H3,(H2,21,22,23);1H. The van der Waals surface area contributed by atoms with Gasteiger partial charge in [0.05, 0.1) is 0 Å². The maximum absolute atomic E-state index is 13.5. The number of halogens is 2. The molecule has 0 aliphatic carbocycles. The lowest BCUT2D eigenvalue weighted by Gasteiger charge is -2.34. The first-order chi connectivity index (χ1) is 13.0. The fourth-order valence-corrected chi connectivity index (χ4v) is 3.65. The van der Waals surface area contributed by atoms with Crippen LogP contribution < -0.4 is 10.6 Å². The van der Waals surface area contributed by atoms with Gasteiger partial charge in [-0.2, -0.15) is 11.8 Å². The average Bonchev–Trinajstić information content (AvgIpc) is 2.66. The van der Waals surface area contributed by atoms with E-state index < -0.39 is 0 Å². The number of carbonyl (C=O) groups is 1. The van der Waals surface area contributed by atoms with Crippen LogP contribution in [0.25, 0.3) is 0 Å². The van der Waals surface area contributed by atoms with Crippen molar-refractivity contribution in [1.29, 1.82) is 0 Å². The Labute approximate surface area is 188 Å². The molecule has 0 spiro atoms. The third-order valence-electron chi connectivity index (χ3n) is 4.68. The van der Waals surface area contributed by atoms with Crippen molar-refractivity contribution in [2.24, 2.45) is 4.99 Å². The number of piperazine rings is 1. The molecule has 1 aliphatic rings. The Bertz CT molecular complexity index is 653. The second-order valence-corrected chi connectivity index (χ2v) is 7.41. The third-order valence-corrected chi connectivity index (χ3v) is 5.28. The number of benzene rings is 1. The van der Waals surface area contributed by atoms with Gasteiger partial charge in [-0.05, 0) is 29.5 Å². The molecule has 0 bridgehead atoms. The van der Waals surface area contributed by atoms with Crippen molar-refractivity contribution >= 4 is 47.6 Å². The molecule has 1 amide bonds. The van der Waals surface area contributed by atoms with Gasteiger partial charge in [0.2, 0.25) is 5.91 Å². The first-order valence-corrected chi connectivity index (χ1v) is 10.6. The second-order valence-electron chi connectivity index (χ2n) is 6.55. The van der Waals surface area contributed by atoms with E-state index in [9.17, 15) is 9.18 Å². The van der Waals surface area contributed by atoms with Crippen molar-refractivity contribution in [3.8, 4) is 0 Å². The summed E-state index contributed by atoms with van der Waals surface area (Å²) >= 11 is 1.68. The van der Waals surface area contributed by atoms with Gasteiger partial charge in [0.1, 0.15) is 5.82 Å². The largest absolute Gasteiger partial charge is 0.355 e. The van der Waals surface area contributed by atoms with Crippen LogP contribution in [0.3, 0.4) is 0 Å². The van der Waals surface area contributed by atoms with Crippen molar-refractivity contribution in [1.82, 2.24) is 20.4 Å². The molecule has 2 rings (SSSR count). The molecule has 1 aromatic carbocycles. The van der Waals surface area contributed by atoms with E-state index in [-0.39, 0.29) is 35.7 Å². The Morgan fingerprint density at radius 2 is 1.93 bits per heavy atom. The summed E-state index contributed by atoms with van der Waals surface area (Å²) in [6.07, 6.45) is 2.01. The minimum absolute atomic E-state index is 0. The van der Waals surface area contributed by atoms with Crippen LogP contribution in [0.2, 0.25) is 0 Å². The Morgan fingerprint density at radius 3 is 2.54 bits per heavy atom. The highest BCUT2D eigenvalue weighted by Crippen LogP contribution is 2.16. The second kappa shape index (κ2) is 13.2. The number of hydrogen-bond donors (Lipinski definition) is 2. The zero-order valence-corrected chi connectivity index (χ0v) is 20.0. The van der Waals surface area contributed by atoms with E-state index in [0.29, 0.717) is 6.54 Å². The number of rotatable bonds is 7. The predicted octanol–water partition coefficient (Wildman–Crippen LogP) is 2.14. The van der Waals surface area contributed by atoms with E-state index in [1.54, 1.807) is 31.8 Å². The van der Waals surface area contributed by atoms with Crippen LogP contribution in [0.5, 0.6) is 0 Å². The van der Waals surface area contributed by atoms with Gasteiger partial charge in [0, 0.05) is 65.5 Å². The molecule has 28 heavy (non-hydrogen) atoms. The summed E-state index contributed by atoms with van der Waals surface area (Å²) in [7, 11) is 1.74. The number of aliphatic imine (C=N–C) groups is 1. The SMILES string of the molecule is CN=C(NCCN1CCN(C(C)=O)CC1)NCc1ccc(F)cc1CSC.I. The fourth-order valence-electron chi connectivity index (χ4n) is 3.08. The van der Waals surface area contributed by atoms with Crippen LogP contribution in [0.15, 0.2) is 23.2 Å². The fraction of sp³-hybridized carbons (Fsp3) is 0.579. The van der Waals surface area contributed by atoms with E-state index in [1.165, 1.54) is 6.07 Å². The van der Waals surface area contributed by atoms with Gasteiger partial charge in [-0.3, -0.25) is 14.7 Å². The topological polar surface area (TPSA) is 60.0 Å². The van der Waals surface area contributed by atoms with Crippen LogP contribution >= 0.6 is 35.7 Å². The van der Waals surface area contributed by atoms with Crippen LogP contribution in [-0.2, 0) is 17.1 Å². The molecule has 9 heteroatoms. The van der Waals surface area contributed by atoms with Crippen molar-refractivity contribution in [3.05, 3.63) is 35.1 Å². The molecule has 0 saturated carbocycles. The molecule has 158 valence electrons. The highest BCUT2D eigenvalue weighted by Gasteiger charge is 2.17. The summed E-state index contributed by atoms with van der Waals surface area (Å²) in [5.74, 6) is 1.47. The molecule has 0 radical (unpaired) electrons. The minimum atomic E-state index is -0.199. The lowest BCUT2D eigenvalue weighted by molar-refractivity contribution is -0.130. The van der Waals surface area contributed by atoms with Crippen LogP contribution in [-0.4, -0.2) is 74.2 Å². The first kappa shape index (κ1) is 25.0. The highest BCUT2D eigenvalue weighted by molar-refractivity contribution is 14.0. The van der Waals surface area contributed by atoms with Gasteiger partial charge in [-0.25, -0.2) is 4.39 Å². The van der Waals surface area contributed by atoms with Gasteiger partial charge in [-0.15, -0.1) is 24.0 Å². The number of guanidine groups is 1. The summed E-state index contributed by atoms with van der Waals surface area (Å²) < 4.78 is 13.5. The van der Waals surface area contributed by atoms with E-state index in [2.05, 4.69) is 20.5 Å². The summed E-state index contributed by atoms with van der Waals surface area (Å²) in [5.41, 5.74) is 2.09. The Morgan fingerprint density at radius 1 is 1.21 bits per heavy atom. The molecule has 1 aliphatic heterocycles. The molecular weight excluding hydrogens is 492 g/mol. The van der Waals surface area contributed by atoms with E-state index in [1.807, 2.05) is 17.2 Å². The smallest absolute Gasteiger partial charge is 0.219 e. The molecule has 1 fully saturated rings. The number of thioether (sulfide) groups is 1. The summed E-state index contributed by atoms with van der Waals surface area (Å²) in [6, 6.07) is 4.93. The average molecular weight is 523 g/mol. The zero-order valence-electron chi connectivity index (χ0n) is 16.8. The number of carbonyl (C=O) groups excluding carboxylic acids is 1. The number of nitrogens with one attached hydrogen (secondary N) is 2. The zero-order chi connectivity index (χ0) is 19.6. The minimum Gasteiger partial charge on any atom is -0.355 e. The molecule has 0 atom stereocenters. The van der Waals surface area contributed by atoms with Crippen LogP contribution in [0, 0.1) is 5.82 Å². The normalized spacial score (nSPS) is 15.1. The molecular formula is C19H31FIN5OS. The molecule has 6 nitrogen and oxygen atoms in total. The molecule has 1 aromatic rings. The molecule has 1 saturated heterocycles. The number of hydrogen-bond acceptors (Lipinski definition) is 4. The lowest BCUT2D eigenvalue weighted by Crippen LogP contribution is -2.50. The summed E-state index contributed by atoms with van der Waals surface area (Å²) in [4.78, 5) is 19.9. The van der Waals surface area contributed by atoms with E-state index in [4.69, 9.17) is 0 Å². The van der Waals surface area contributed by atoms with Crippen molar-refractivity contribution in [3.63, 3.8) is 0 Å². The quantitative estimate of drug-likeness (QED) is 0.326. The van der Waals surface area contributed by atoms with Crippen LogP contribution in [0.1, 0.15) is 18.1 Å². The van der Waals surface area contributed by atoms with Crippen LogP contribution in [0.4, 0.5) is 4.39 Å². The summed E-state index contributed by atoms with van der Waals surface area (Å²) in [5, 5.41) is 6.62. The maximum atomic E-state index is 13.5. The van der Waals surface area contributed by atoms with Crippen molar-refractivity contribution in [2.75, 3.05) is 52.6 Å². The van der Waals surface area contributed by atoms with E-state index in [0.717, 1.165) is 62.1 Å². The van der Waals surface area contributed by atoms with Gasteiger partial charge in [-0.1, -0.05) is 6.07 Å². The third kappa shape index (κ3) is 8.12. The Hall–Kier alpha value is -1.07. The molecule has 0 unspecified atom stereocenters. The van der Waals surface area contributed by atoms with Crippen molar-refractivity contribution in [2.45, 2.75) is 19.2 Å². The van der Waals surface area contributed by atoms with Crippen molar-refractivity contribution < 1.29 is 9.18 Å². The molecule has 0 aromatic heterocycles. The molecule has 1 heterocycles. The maximum Gasteiger partial charge on any atom is 0.219 e. The van der Waals surface area contributed by atoms with Gasteiger partial charge in [0.25, 0.3) is 0 Å². The first-order valence-electron chi connectivity index (χ1n) is 9.22.